The Bertz CT molecular complexity index is 2120. The number of carbonyl (C=O) groups excluding carboxylic acids is 2. The summed E-state index contributed by atoms with van der Waals surface area (Å²) in [4.78, 5) is 35.8. The molecule has 0 aromatic heterocycles. The van der Waals surface area contributed by atoms with Crippen molar-refractivity contribution in [3.05, 3.63) is 194 Å². The van der Waals surface area contributed by atoms with Crippen molar-refractivity contribution in [2.24, 2.45) is 0 Å². The Labute approximate surface area is 513 Å². The summed E-state index contributed by atoms with van der Waals surface area (Å²) in [6.45, 7) is 4.12. The number of unbranched alkanes of at least 4 members (excludes halogenated alkanes) is 10. The Kier molecular flexibility index (Phi) is 58.6. The molecule has 9 nitrogen and oxygen atoms in total. The van der Waals surface area contributed by atoms with Gasteiger partial charge in [-0.15, -0.1) is 0 Å². The number of hydrogen-bond donors (Lipinski definition) is 1. The summed E-state index contributed by atoms with van der Waals surface area (Å²) in [5.74, 6) is -0.866. The van der Waals surface area contributed by atoms with E-state index in [2.05, 4.69) is 208 Å². The Morgan fingerprint density at radius 3 is 0.964 bits per heavy atom. The lowest BCUT2D eigenvalue weighted by atomic mass is 10.1. The number of hydrogen-bond acceptors (Lipinski definition) is 7. The van der Waals surface area contributed by atoms with Crippen molar-refractivity contribution >= 4 is 19.8 Å². The van der Waals surface area contributed by atoms with Crippen LogP contribution in [0.5, 0.6) is 0 Å². The summed E-state index contributed by atoms with van der Waals surface area (Å²) in [5, 5.41) is 0. The standard InChI is InChI=1S/C74H116NO8P/c1-6-8-10-12-14-16-18-20-22-24-26-28-30-31-32-33-34-35-36-37-38-39-40-41-42-43-45-47-49-51-53-55-57-59-61-63-65-67-74(77)83-72(71-82-84(78,79)81-69-68-75(3,4)5)70-80-73(76)66-64-62-60-58-56-54-52-50-48-46-44-29-27-25-23-21-19-17-15-13-11-9-7-2/h8-11,14-17,20-23,26-29,31-32,34-35,37-38,40-41,43,45-46,48-49,51,55,57,72H,6-7,12-13,18-19,24-25,30,33,36,39,42,44,47,50,52-54,56,58-71H2,1-5H3/p+1/b10-8-,11-9-,16-14-,17-15-,22-20-,23-21-,28-26-,29-27-,32-31-,35-34-,38-37-,41-40-,45-43-,48-46-,51-49-,57-55-. The van der Waals surface area contributed by atoms with E-state index >= 15 is 0 Å². The zero-order valence-electron chi connectivity index (χ0n) is 53.3. The van der Waals surface area contributed by atoms with E-state index in [0.717, 1.165) is 148 Å². The molecular weight excluding hydrogens is 1060 g/mol. The number of ether oxygens (including phenoxy) is 2. The molecule has 0 amide bonds. The molecule has 470 valence electrons. The maximum atomic E-state index is 12.8. The third-order valence-electron chi connectivity index (χ3n) is 12.6. The Morgan fingerprint density at radius 1 is 0.369 bits per heavy atom. The van der Waals surface area contributed by atoms with E-state index in [1.54, 1.807) is 0 Å². The van der Waals surface area contributed by atoms with Crippen molar-refractivity contribution in [1.29, 1.82) is 0 Å². The van der Waals surface area contributed by atoms with Gasteiger partial charge in [-0.3, -0.25) is 18.6 Å². The minimum Gasteiger partial charge on any atom is -0.462 e. The summed E-state index contributed by atoms with van der Waals surface area (Å²) in [7, 11) is 1.41. The van der Waals surface area contributed by atoms with Crippen molar-refractivity contribution in [1.82, 2.24) is 0 Å². The van der Waals surface area contributed by atoms with Crippen molar-refractivity contribution in [2.75, 3.05) is 47.5 Å². The first-order chi connectivity index (χ1) is 41.0. The van der Waals surface area contributed by atoms with Crippen LogP contribution in [0.15, 0.2) is 194 Å². The molecule has 10 heteroatoms. The van der Waals surface area contributed by atoms with Crippen LogP contribution in [0.3, 0.4) is 0 Å². The minimum atomic E-state index is -4.42. The first kappa shape index (κ1) is 78.8. The Morgan fingerprint density at radius 2 is 0.643 bits per heavy atom. The highest BCUT2D eigenvalue weighted by atomic mass is 31.2. The molecule has 2 atom stereocenters. The molecule has 0 rings (SSSR count). The van der Waals surface area contributed by atoms with Crippen molar-refractivity contribution < 1.29 is 42.1 Å². The van der Waals surface area contributed by atoms with Gasteiger partial charge in [-0.1, -0.05) is 247 Å². The van der Waals surface area contributed by atoms with Crippen LogP contribution < -0.4 is 0 Å². The fourth-order valence-corrected chi connectivity index (χ4v) is 8.49. The van der Waals surface area contributed by atoms with Crippen LogP contribution in [0.25, 0.3) is 0 Å². The van der Waals surface area contributed by atoms with E-state index in [9.17, 15) is 19.0 Å². The highest BCUT2D eigenvalue weighted by Gasteiger charge is 2.27. The summed E-state index contributed by atoms with van der Waals surface area (Å²) < 4.78 is 34.6. The predicted molar refractivity (Wildman–Crippen MR) is 362 cm³/mol. The van der Waals surface area contributed by atoms with E-state index in [-0.39, 0.29) is 26.1 Å². The molecule has 0 bridgehead atoms. The number of phosphoric acid groups is 1. The van der Waals surface area contributed by atoms with E-state index in [0.29, 0.717) is 23.9 Å². The number of quaternary nitrogens is 1. The molecule has 0 fully saturated rings. The third-order valence-corrected chi connectivity index (χ3v) is 13.6. The van der Waals surface area contributed by atoms with Crippen LogP contribution in [0.1, 0.15) is 206 Å². The van der Waals surface area contributed by atoms with Gasteiger partial charge in [-0.25, -0.2) is 4.57 Å². The molecule has 0 saturated carbocycles. The maximum absolute atomic E-state index is 12.8. The number of rotatable bonds is 56. The van der Waals surface area contributed by atoms with Gasteiger partial charge in [0.1, 0.15) is 19.8 Å². The van der Waals surface area contributed by atoms with Crippen molar-refractivity contribution in [3.8, 4) is 0 Å². The molecule has 0 aromatic carbocycles. The van der Waals surface area contributed by atoms with Gasteiger partial charge in [-0.2, -0.15) is 0 Å². The van der Waals surface area contributed by atoms with Gasteiger partial charge in [0.2, 0.25) is 0 Å². The molecule has 0 radical (unpaired) electrons. The third kappa shape index (κ3) is 66.0. The molecule has 0 aliphatic rings. The number of carbonyl (C=O) groups is 2. The van der Waals surface area contributed by atoms with Crippen molar-refractivity contribution in [3.63, 3.8) is 0 Å². The zero-order valence-corrected chi connectivity index (χ0v) is 54.2. The number of phosphoric ester groups is 1. The van der Waals surface area contributed by atoms with Gasteiger partial charge < -0.3 is 18.9 Å². The van der Waals surface area contributed by atoms with E-state index < -0.39 is 32.5 Å². The van der Waals surface area contributed by atoms with E-state index in [4.69, 9.17) is 18.5 Å². The summed E-state index contributed by atoms with van der Waals surface area (Å²) in [6, 6.07) is 0. The van der Waals surface area contributed by atoms with E-state index in [1.807, 2.05) is 21.1 Å². The Hall–Kier alpha value is -5.15. The molecule has 2 unspecified atom stereocenters. The Balaban J connectivity index is 4.28. The molecule has 0 saturated heterocycles. The molecule has 0 aliphatic carbocycles. The van der Waals surface area contributed by atoms with Gasteiger partial charge >= 0.3 is 19.8 Å². The number of esters is 2. The molecule has 0 heterocycles. The second-order valence-corrected chi connectivity index (χ2v) is 23.1. The van der Waals surface area contributed by atoms with Gasteiger partial charge in [0.15, 0.2) is 6.10 Å². The smallest absolute Gasteiger partial charge is 0.462 e. The lowest BCUT2D eigenvalue weighted by molar-refractivity contribution is -0.870. The van der Waals surface area contributed by atoms with E-state index in [1.165, 1.54) is 19.3 Å². The van der Waals surface area contributed by atoms with Crippen LogP contribution in [-0.4, -0.2) is 74.9 Å². The molecule has 0 aromatic rings. The molecule has 0 aliphatic heterocycles. The van der Waals surface area contributed by atoms with Crippen LogP contribution in [0.4, 0.5) is 0 Å². The minimum absolute atomic E-state index is 0.0110. The lowest BCUT2D eigenvalue weighted by Crippen LogP contribution is -2.37. The lowest BCUT2D eigenvalue weighted by Gasteiger charge is -2.24. The summed E-state index contributed by atoms with van der Waals surface area (Å²) in [6.07, 6.45) is 98.0. The molecule has 1 N–H and O–H groups in total. The maximum Gasteiger partial charge on any atom is 0.472 e. The summed E-state index contributed by atoms with van der Waals surface area (Å²) in [5.41, 5.74) is 0. The van der Waals surface area contributed by atoms with Gasteiger partial charge in [0.05, 0.1) is 27.7 Å². The second kappa shape index (κ2) is 62.4. The van der Waals surface area contributed by atoms with Crippen LogP contribution in [0.2, 0.25) is 0 Å². The average molecular weight is 1180 g/mol. The number of nitrogens with zero attached hydrogens (tertiary/aromatic N) is 1. The predicted octanol–water partition coefficient (Wildman–Crippen LogP) is 20.9. The number of allylic oxidation sites excluding steroid dienone is 32. The SMILES string of the molecule is CC/C=C\C/C=C\C/C=C\C/C=C\C/C=C\C/C=C\C/C=C\C/C=C\C/C=C\C/C=C\C/C=C\CCCCCC(=O)OC(COC(=O)CCCCCCCCC/C=C\C/C=C\C/C=C\C/C=C\C/C=C\CC)COP(=O)(O)OCC[N+](C)(C)C. The number of likely N-dealkylation sites (N-methyl/N-ethyl adjacent to an activating group) is 1. The highest BCUT2D eigenvalue weighted by Crippen LogP contribution is 2.43. The fourth-order valence-electron chi connectivity index (χ4n) is 7.75. The first-order valence-corrected chi connectivity index (χ1v) is 33.7. The van der Waals surface area contributed by atoms with Gasteiger partial charge in [0.25, 0.3) is 0 Å². The van der Waals surface area contributed by atoms with Crippen LogP contribution in [0, 0.1) is 0 Å². The summed E-state index contributed by atoms with van der Waals surface area (Å²) >= 11 is 0. The monoisotopic (exact) mass is 1180 g/mol. The van der Waals surface area contributed by atoms with Gasteiger partial charge in [-0.05, 0) is 141 Å². The van der Waals surface area contributed by atoms with Gasteiger partial charge in [0, 0.05) is 12.8 Å². The first-order valence-electron chi connectivity index (χ1n) is 32.2. The molecule has 84 heavy (non-hydrogen) atoms. The normalized spacial score (nSPS) is 14.5. The van der Waals surface area contributed by atoms with Crippen molar-refractivity contribution in [2.45, 2.75) is 213 Å². The highest BCUT2D eigenvalue weighted by molar-refractivity contribution is 7.47. The molecule has 0 spiro atoms. The average Bonchev–Trinajstić information content (AvgIpc) is 3.61. The second-order valence-electron chi connectivity index (χ2n) is 21.7. The zero-order chi connectivity index (χ0) is 61.2. The quantitative estimate of drug-likeness (QED) is 0.0211. The van der Waals surface area contributed by atoms with Crippen LogP contribution in [-0.2, 0) is 32.7 Å². The largest absolute Gasteiger partial charge is 0.472 e. The fraction of sp³-hybridized carbons (Fsp3) is 0.541. The topological polar surface area (TPSA) is 108 Å². The molecular formula is C74H117NO8P+. The van der Waals surface area contributed by atoms with Crippen LogP contribution >= 0.6 is 7.82 Å².